The molecular weight excluding hydrogens is 466 g/mol. The summed E-state index contributed by atoms with van der Waals surface area (Å²) in [7, 11) is 0. The molecule has 3 amide bonds. The van der Waals surface area contributed by atoms with Gasteiger partial charge in [-0.15, -0.1) is 0 Å². The van der Waals surface area contributed by atoms with E-state index < -0.39 is 18.0 Å². The van der Waals surface area contributed by atoms with Gasteiger partial charge in [-0.1, -0.05) is 78.4 Å². The van der Waals surface area contributed by atoms with Crippen molar-refractivity contribution in [2.45, 2.75) is 32.4 Å². The first-order valence-corrected chi connectivity index (χ1v) is 12.1. The standard InChI is InChI=1S/C29H27N5O3/c1-18-12-14-21(15-13-18)27-32-28(36)26(23-17-30-24-11-7-6-10-22(23)24)34(33-27)29(37)25(31-19(2)35)16-20-8-4-3-5-9-20/h3-15,17,25-26,30H,16H2,1-2H3,(H,31,35)(H,32,33,36)/t25-,26+/m0/s1. The fourth-order valence-corrected chi connectivity index (χ4v) is 4.55. The number of aryl methyl sites for hydroxylation is 1. The second-order valence-corrected chi connectivity index (χ2v) is 9.12. The Morgan fingerprint density at radius 2 is 1.70 bits per heavy atom. The number of hydrogen-bond acceptors (Lipinski definition) is 4. The van der Waals surface area contributed by atoms with E-state index in [2.05, 4.69) is 20.7 Å². The molecule has 0 unspecified atom stereocenters. The maximum Gasteiger partial charge on any atom is 0.266 e. The monoisotopic (exact) mass is 493 g/mol. The van der Waals surface area contributed by atoms with Gasteiger partial charge >= 0.3 is 0 Å². The number of benzene rings is 3. The Balaban J connectivity index is 1.60. The van der Waals surface area contributed by atoms with Crippen LogP contribution in [0.3, 0.4) is 0 Å². The molecular formula is C29H27N5O3. The van der Waals surface area contributed by atoms with Crippen LogP contribution in [-0.2, 0) is 20.8 Å². The van der Waals surface area contributed by atoms with Crippen LogP contribution in [0.4, 0.5) is 0 Å². The molecule has 37 heavy (non-hydrogen) atoms. The second-order valence-electron chi connectivity index (χ2n) is 9.12. The van der Waals surface area contributed by atoms with Crippen molar-refractivity contribution in [3.05, 3.63) is 107 Å². The van der Waals surface area contributed by atoms with Gasteiger partial charge in [-0.05, 0) is 18.6 Å². The van der Waals surface area contributed by atoms with Crippen molar-refractivity contribution in [3.63, 3.8) is 0 Å². The Bertz CT molecular complexity index is 1490. The van der Waals surface area contributed by atoms with Crippen molar-refractivity contribution in [1.82, 2.24) is 20.6 Å². The van der Waals surface area contributed by atoms with E-state index in [0.717, 1.165) is 22.0 Å². The second kappa shape index (κ2) is 10.1. The van der Waals surface area contributed by atoms with Gasteiger partial charge in [0.25, 0.3) is 11.8 Å². The number of carbonyl (C=O) groups excluding carboxylic acids is 3. The average Bonchev–Trinajstić information content (AvgIpc) is 3.32. The Kier molecular flexibility index (Phi) is 6.55. The van der Waals surface area contributed by atoms with E-state index in [-0.39, 0.29) is 24.1 Å². The van der Waals surface area contributed by atoms with Gasteiger partial charge in [0.15, 0.2) is 11.9 Å². The number of rotatable bonds is 6. The molecule has 0 radical (unpaired) electrons. The van der Waals surface area contributed by atoms with Crippen LogP contribution >= 0.6 is 0 Å². The highest BCUT2D eigenvalue weighted by Crippen LogP contribution is 2.32. The minimum absolute atomic E-state index is 0.257. The number of aromatic nitrogens is 1. The molecule has 2 atom stereocenters. The first kappa shape index (κ1) is 24.0. The number of carbonyl (C=O) groups is 3. The van der Waals surface area contributed by atoms with Gasteiger partial charge in [-0.25, -0.2) is 5.01 Å². The lowest BCUT2D eigenvalue weighted by Gasteiger charge is -2.34. The molecule has 3 aromatic carbocycles. The molecule has 0 spiro atoms. The van der Waals surface area contributed by atoms with Crippen LogP contribution in [0.15, 0.2) is 90.2 Å². The van der Waals surface area contributed by atoms with Crippen molar-refractivity contribution in [2.24, 2.45) is 5.10 Å². The summed E-state index contributed by atoms with van der Waals surface area (Å²) < 4.78 is 0. The molecule has 0 saturated heterocycles. The number of amides is 3. The zero-order chi connectivity index (χ0) is 25.9. The fraction of sp³-hybridized carbons (Fsp3) is 0.172. The van der Waals surface area contributed by atoms with E-state index in [1.54, 1.807) is 6.20 Å². The number of H-pyrrole nitrogens is 1. The predicted octanol–water partition coefficient (Wildman–Crippen LogP) is 3.59. The Morgan fingerprint density at radius 3 is 2.43 bits per heavy atom. The molecule has 0 saturated carbocycles. The Hall–Kier alpha value is -4.72. The third kappa shape index (κ3) is 4.99. The summed E-state index contributed by atoms with van der Waals surface area (Å²) in [5, 5.41) is 12.3. The SMILES string of the molecule is CC(=O)N[C@@H](Cc1ccccc1)C(=O)N1N=C(c2ccc(C)cc2)NC(=O)[C@H]1c1c[nH]c2ccccc12. The van der Waals surface area contributed by atoms with Gasteiger partial charge < -0.3 is 15.6 Å². The van der Waals surface area contributed by atoms with Crippen LogP contribution in [0.1, 0.15) is 35.2 Å². The molecule has 5 rings (SSSR count). The molecule has 1 aliphatic heterocycles. The first-order chi connectivity index (χ1) is 17.9. The van der Waals surface area contributed by atoms with E-state index >= 15 is 0 Å². The van der Waals surface area contributed by atoms with Crippen molar-refractivity contribution >= 4 is 34.5 Å². The number of fused-ring (bicyclic) bond motifs is 1. The molecule has 3 N–H and O–H groups in total. The number of nitrogens with one attached hydrogen (secondary N) is 3. The fourth-order valence-electron chi connectivity index (χ4n) is 4.55. The molecule has 8 nitrogen and oxygen atoms in total. The molecule has 0 fully saturated rings. The highest BCUT2D eigenvalue weighted by Gasteiger charge is 2.40. The minimum Gasteiger partial charge on any atom is -0.361 e. The zero-order valence-electron chi connectivity index (χ0n) is 20.6. The quantitative estimate of drug-likeness (QED) is 0.382. The van der Waals surface area contributed by atoms with Gasteiger partial charge in [0, 0.05) is 41.6 Å². The number of nitrogens with zero attached hydrogens (tertiary/aromatic N) is 2. The number of aromatic amines is 1. The summed E-state index contributed by atoms with van der Waals surface area (Å²) in [6.45, 7) is 3.34. The predicted molar refractivity (Wildman–Crippen MR) is 141 cm³/mol. The maximum atomic E-state index is 14.1. The number of hydrazone groups is 1. The molecule has 4 aromatic rings. The largest absolute Gasteiger partial charge is 0.361 e. The average molecular weight is 494 g/mol. The highest BCUT2D eigenvalue weighted by atomic mass is 16.2. The molecule has 1 aromatic heterocycles. The van der Waals surface area contributed by atoms with E-state index in [9.17, 15) is 14.4 Å². The lowest BCUT2D eigenvalue weighted by molar-refractivity contribution is -0.144. The van der Waals surface area contributed by atoms with Crippen molar-refractivity contribution in [2.75, 3.05) is 0 Å². The molecule has 0 bridgehead atoms. The maximum absolute atomic E-state index is 14.1. The lowest BCUT2D eigenvalue weighted by atomic mass is 10.0. The zero-order valence-corrected chi connectivity index (χ0v) is 20.6. The van der Waals surface area contributed by atoms with Crippen LogP contribution < -0.4 is 10.6 Å². The van der Waals surface area contributed by atoms with Crippen LogP contribution in [0, 0.1) is 6.92 Å². The van der Waals surface area contributed by atoms with E-state index in [1.165, 1.54) is 11.9 Å². The number of amidine groups is 1. The van der Waals surface area contributed by atoms with Crippen LogP contribution in [0.5, 0.6) is 0 Å². The van der Waals surface area contributed by atoms with Crippen LogP contribution in [-0.4, -0.2) is 39.6 Å². The van der Waals surface area contributed by atoms with Crippen molar-refractivity contribution < 1.29 is 14.4 Å². The summed E-state index contributed by atoms with van der Waals surface area (Å²) in [5.41, 5.74) is 4.07. The van der Waals surface area contributed by atoms with Gasteiger partial charge in [0.1, 0.15) is 6.04 Å². The molecule has 2 heterocycles. The normalized spacial score (nSPS) is 16.2. The number of para-hydroxylation sites is 1. The molecule has 1 aliphatic rings. The summed E-state index contributed by atoms with van der Waals surface area (Å²) in [5.74, 6) is -0.934. The van der Waals surface area contributed by atoms with Gasteiger partial charge in [-0.2, -0.15) is 5.10 Å². The topological polar surface area (TPSA) is 107 Å². The van der Waals surface area contributed by atoms with Crippen molar-refractivity contribution in [1.29, 1.82) is 0 Å². The third-order valence-corrected chi connectivity index (χ3v) is 6.37. The summed E-state index contributed by atoms with van der Waals surface area (Å²) >= 11 is 0. The molecule has 8 heteroatoms. The van der Waals surface area contributed by atoms with Crippen LogP contribution in [0.25, 0.3) is 10.9 Å². The highest BCUT2D eigenvalue weighted by molar-refractivity contribution is 6.12. The lowest BCUT2D eigenvalue weighted by Crippen LogP contribution is -2.55. The first-order valence-electron chi connectivity index (χ1n) is 12.1. The third-order valence-electron chi connectivity index (χ3n) is 6.37. The molecule has 186 valence electrons. The Morgan fingerprint density at radius 1 is 1.00 bits per heavy atom. The van der Waals surface area contributed by atoms with E-state index in [4.69, 9.17) is 0 Å². The van der Waals surface area contributed by atoms with Gasteiger partial charge in [0.2, 0.25) is 5.91 Å². The molecule has 0 aliphatic carbocycles. The van der Waals surface area contributed by atoms with Crippen molar-refractivity contribution in [3.8, 4) is 0 Å². The van der Waals surface area contributed by atoms with E-state index in [1.807, 2.05) is 85.8 Å². The van der Waals surface area contributed by atoms with E-state index in [0.29, 0.717) is 11.1 Å². The van der Waals surface area contributed by atoms with Gasteiger partial charge in [-0.3, -0.25) is 14.4 Å². The van der Waals surface area contributed by atoms with Crippen LogP contribution in [0.2, 0.25) is 0 Å². The van der Waals surface area contributed by atoms with Gasteiger partial charge in [0.05, 0.1) is 0 Å². The summed E-state index contributed by atoms with van der Waals surface area (Å²) in [6, 6.07) is 22.6. The number of hydrogen-bond donors (Lipinski definition) is 3. The minimum atomic E-state index is -1.02. The summed E-state index contributed by atoms with van der Waals surface area (Å²) in [4.78, 5) is 43.0. The Labute approximate surface area is 214 Å². The summed E-state index contributed by atoms with van der Waals surface area (Å²) in [6.07, 6.45) is 1.99. The smallest absolute Gasteiger partial charge is 0.266 e.